The molecule has 1 atom stereocenters. The van der Waals surface area contributed by atoms with Crippen molar-refractivity contribution in [3.8, 4) is 11.6 Å². The lowest BCUT2D eigenvalue weighted by molar-refractivity contribution is 0.519. The molecule has 0 saturated carbocycles. The van der Waals surface area contributed by atoms with E-state index in [0.29, 0.717) is 6.04 Å². The highest BCUT2D eigenvalue weighted by Crippen LogP contribution is 2.30. The van der Waals surface area contributed by atoms with E-state index in [0.717, 1.165) is 48.0 Å². The van der Waals surface area contributed by atoms with E-state index in [-0.39, 0.29) is 0 Å². The molecule has 4 rings (SSSR count). The van der Waals surface area contributed by atoms with Gasteiger partial charge in [0.05, 0.1) is 6.04 Å². The van der Waals surface area contributed by atoms with Gasteiger partial charge in [0, 0.05) is 12.7 Å². The third-order valence-corrected chi connectivity index (χ3v) is 3.81. The Morgan fingerprint density at radius 2 is 2.30 bits per heavy atom. The van der Waals surface area contributed by atoms with Crippen LogP contribution in [0.2, 0.25) is 0 Å². The molecule has 1 saturated heterocycles. The Bertz CT molecular complexity index is 752. The Morgan fingerprint density at radius 1 is 1.35 bits per heavy atom. The van der Waals surface area contributed by atoms with Gasteiger partial charge in [-0.2, -0.15) is 0 Å². The molecule has 102 valence electrons. The van der Waals surface area contributed by atoms with Gasteiger partial charge in [0.15, 0.2) is 17.2 Å². The predicted molar refractivity (Wildman–Crippen MR) is 76.5 cm³/mol. The molecular weight excluding hydrogens is 252 g/mol. The van der Waals surface area contributed by atoms with Crippen LogP contribution in [0.15, 0.2) is 34.9 Å². The Labute approximate surface area is 116 Å². The van der Waals surface area contributed by atoms with Gasteiger partial charge in [0.2, 0.25) is 0 Å². The number of hydrogen-bond donors (Lipinski definition) is 1. The lowest BCUT2D eigenvalue weighted by atomic mass is 10.2. The standard InChI is InChI=1S/C15H16N4O/c1-10-4-5-13(20-10)15-18-12-3-2-7-17-14(12)19(15)11-6-8-16-9-11/h2-5,7,11,16H,6,8-9H2,1H3. The predicted octanol–water partition coefficient (Wildman–Crippen LogP) is 2.53. The van der Waals surface area contributed by atoms with E-state index in [4.69, 9.17) is 9.40 Å². The summed E-state index contributed by atoms with van der Waals surface area (Å²) in [5.74, 6) is 2.59. The van der Waals surface area contributed by atoms with Crippen LogP contribution >= 0.6 is 0 Å². The summed E-state index contributed by atoms with van der Waals surface area (Å²) >= 11 is 0. The molecule has 0 radical (unpaired) electrons. The van der Waals surface area contributed by atoms with E-state index in [1.807, 2.05) is 37.4 Å². The lowest BCUT2D eigenvalue weighted by Gasteiger charge is -2.13. The summed E-state index contributed by atoms with van der Waals surface area (Å²) in [5.41, 5.74) is 1.86. The number of furan rings is 1. The number of nitrogens with zero attached hydrogens (tertiary/aromatic N) is 3. The van der Waals surface area contributed by atoms with Crippen molar-refractivity contribution in [3.63, 3.8) is 0 Å². The van der Waals surface area contributed by atoms with Gasteiger partial charge < -0.3 is 14.3 Å². The van der Waals surface area contributed by atoms with E-state index in [9.17, 15) is 0 Å². The fourth-order valence-electron chi connectivity index (χ4n) is 2.86. The second kappa shape index (κ2) is 4.45. The average Bonchev–Trinajstić information content (AvgIpc) is 3.15. The van der Waals surface area contributed by atoms with Crippen molar-refractivity contribution in [1.82, 2.24) is 19.9 Å². The summed E-state index contributed by atoms with van der Waals surface area (Å²) in [7, 11) is 0. The summed E-state index contributed by atoms with van der Waals surface area (Å²) in [5, 5.41) is 3.40. The first kappa shape index (κ1) is 11.7. The first-order valence-electron chi connectivity index (χ1n) is 6.93. The summed E-state index contributed by atoms with van der Waals surface area (Å²) in [4.78, 5) is 9.23. The first-order chi connectivity index (χ1) is 9.83. The highest BCUT2D eigenvalue weighted by molar-refractivity contribution is 5.76. The minimum absolute atomic E-state index is 0.385. The molecule has 5 nitrogen and oxygen atoms in total. The molecule has 3 aromatic heterocycles. The van der Waals surface area contributed by atoms with Crippen LogP contribution < -0.4 is 5.32 Å². The van der Waals surface area contributed by atoms with E-state index >= 15 is 0 Å². The average molecular weight is 268 g/mol. The van der Waals surface area contributed by atoms with E-state index in [1.165, 1.54) is 0 Å². The van der Waals surface area contributed by atoms with Crippen LogP contribution in [-0.2, 0) is 0 Å². The number of imidazole rings is 1. The highest BCUT2D eigenvalue weighted by Gasteiger charge is 2.24. The van der Waals surface area contributed by atoms with Crippen molar-refractivity contribution in [2.45, 2.75) is 19.4 Å². The molecule has 0 aliphatic carbocycles. The molecule has 4 heterocycles. The molecule has 1 unspecified atom stereocenters. The maximum atomic E-state index is 5.77. The number of pyridine rings is 1. The molecule has 20 heavy (non-hydrogen) atoms. The second-order valence-corrected chi connectivity index (χ2v) is 5.21. The molecule has 3 aromatic rings. The van der Waals surface area contributed by atoms with E-state index in [1.54, 1.807) is 0 Å². The Hall–Kier alpha value is -2.14. The number of nitrogens with one attached hydrogen (secondary N) is 1. The molecule has 5 heteroatoms. The van der Waals surface area contributed by atoms with Crippen LogP contribution in [0.4, 0.5) is 0 Å². The second-order valence-electron chi connectivity index (χ2n) is 5.21. The van der Waals surface area contributed by atoms with Crippen molar-refractivity contribution < 1.29 is 4.42 Å². The topological polar surface area (TPSA) is 55.9 Å². The molecule has 1 N–H and O–H groups in total. The molecule has 1 aliphatic rings. The fraction of sp³-hybridized carbons (Fsp3) is 0.333. The van der Waals surface area contributed by atoms with E-state index < -0.39 is 0 Å². The van der Waals surface area contributed by atoms with Gasteiger partial charge in [0.25, 0.3) is 0 Å². The molecule has 1 aliphatic heterocycles. The van der Waals surface area contributed by atoms with Crippen LogP contribution in [0.1, 0.15) is 18.2 Å². The molecule has 0 bridgehead atoms. The maximum absolute atomic E-state index is 5.77. The first-order valence-corrected chi connectivity index (χ1v) is 6.93. The molecule has 0 aromatic carbocycles. The quantitative estimate of drug-likeness (QED) is 0.776. The van der Waals surface area contributed by atoms with Crippen molar-refractivity contribution >= 4 is 11.2 Å². The fourth-order valence-corrected chi connectivity index (χ4v) is 2.86. The van der Waals surface area contributed by atoms with Crippen molar-refractivity contribution in [2.24, 2.45) is 0 Å². The Morgan fingerprint density at radius 3 is 3.05 bits per heavy atom. The molecule has 0 amide bonds. The molecule has 1 fully saturated rings. The Balaban J connectivity index is 1.96. The van der Waals surface area contributed by atoms with Gasteiger partial charge in [0.1, 0.15) is 11.3 Å². The molecule has 0 spiro atoms. The zero-order valence-electron chi connectivity index (χ0n) is 11.3. The summed E-state index contributed by atoms with van der Waals surface area (Å²) in [6, 6.07) is 8.26. The van der Waals surface area contributed by atoms with Crippen LogP contribution in [0, 0.1) is 6.92 Å². The normalized spacial score (nSPS) is 18.9. The number of rotatable bonds is 2. The summed E-state index contributed by atoms with van der Waals surface area (Å²) in [6.45, 7) is 3.94. The van der Waals surface area contributed by atoms with Crippen molar-refractivity contribution in [1.29, 1.82) is 0 Å². The smallest absolute Gasteiger partial charge is 0.178 e. The number of aromatic nitrogens is 3. The van der Waals surface area contributed by atoms with Crippen LogP contribution in [-0.4, -0.2) is 27.6 Å². The van der Waals surface area contributed by atoms with Gasteiger partial charge in [-0.25, -0.2) is 9.97 Å². The largest absolute Gasteiger partial charge is 0.458 e. The monoisotopic (exact) mass is 268 g/mol. The Kier molecular flexibility index (Phi) is 2.60. The van der Waals surface area contributed by atoms with Crippen LogP contribution in [0.25, 0.3) is 22.7 Å². The van der Waals surface area contributed by atoms with Gasteiger partial charge in [-0.3, -0.25) is 0 Å². The summed E-state index contributed by atoms with van der Waals surface area (Å²) < 4.78 is 7.98. The van der Waals surface area contributed by atoms with Gasteiger partial charge >= 0.3 is 0 Å². The third-order valence-electron chi connectivity index (χ3n) is 3.81. The summed E-state index contributed by atoms with van der Waals surface area (Å²) in [6.07, 6.45) is 2.91. The van der Waals surface area contributed by atoms with Crippen molar-refractivity contribution in [2.75, 3.05) is 13.1 Å². The number of hydrogen-bond acceptors (Lipinski definition) is 4. The zero-order chi connectivity index (χ0) is 13.5. The number of aryl methyl sites for hydroxylation is 1. The lowest BCUT2D eigenvalue weighted by Crippen LogP contribution is -2.14. The number of fused-ring (bicyclic) bond motifs is 1. The van der Waals surface area contributed by atoms with Crippen LogP contribution in [0.3, 0.4) is 0 Å². The minimum atomic E-state index is 0.385. The van der Waals surface area contributed by atoms with E-state index in [2.05, 4.69) is 14.9 Å². The van der Waals surface area contributed by atoms with Gasteiger partial charge in [-0.1, -0.05) is 0 Å². The van der Waals surface area contributed by atoms with Crippen LogP contribution in [0.5, 0.6) is 0 Å². The van der Waals surface area contributed by atoms with Gasteiger partial charge in [-0.15, -0.1) is 0 Å². The zero-order valence-corrected chi connectivity index (χ0v) is 11.3. The SMILES string of the molecule is Cc1ccc(-c2nc3cccnc3n2C2CCNC2)o1. The van der Waals surface area contributed by atoms with Crippen molar-refractivity contribution in [3.05, 3.63) is 36.2 Å². The highest BCUT2D eigenvalue weighted by atomic mass is 16.3. The third kappa shape index (κ3) is 1.74. The maximum Gasteiger partial charge on any atom is 0.178 e. The molecular formula is C15H16N4O. The minimum Gasteiger partial charge on any atom is -0.458 e. The van der Waals surface area contributed by atoms with Gasteiger partial charge in [-0.05, 0) is 44.2 Å².